The topological polar surface area (TPSA) is 67.6 Å². The fraction of sp³-hybridized carbons (Fsp3) is 0.429. The Morgan fingerprint density at radius 1 is 1.33 bits per heavy atom. The van der Waals surface area contributed by atoms with Crippen molar-refractivity contribution in [1.29, 1.82) is 0 Å². The van der Waals surface area contributed by atoms with Crippen LogP contribution < -0.4 is 5.73 Å². The molecule has 0 spiro atoms. The van der Waals surface area contributed by atoms with Gasteiger partial charge in [-0.05, 0) is 18.6 Å². The van der Waals surface area contributed by atoms with Gasteiger partial charge in [0.1, 0.15) is 5.82 Å². The summed E-state index contributed by atoms with van der Waals surface area (Å²) < 4.78 is 0. The van der Waals surface area contributed by atoms with Gasteiger partial charge in [0.2, 0.25) is 0 Å². The molecule has 4 heteroatoms. The lowest BCUT2D eigenvalue weighted by Gasteiger charge is -2.08. The van der Waals surface area contributed by atoms with Crippen molar-refractivity contribution < 1.29 is 0 Å². The molecular formula is C14H22N4. The molecule has 2 rings (SSSR count). The Hall–Kier alpha value is -1.84. The number of nitrogens with one attached hydrogen (secondary N) is 1. The van der Waals surface area contributed by atoms with Crippen molar-refractivity contribution in [3.63, 3.8) is 0 Å². The third kappa shape index (κ3) is 3.87. The highest BCUT2D eigenvalue weighted by Gasteiger charge is 2.11. The molecule has 1 atom stereocenters. The minimum atomic E-state index is 0.190. The highest BCUT2D eigenvalue weighted by molar-refractivity contribution is 5.33. The van der Waals surface area contributed by atoms with Gasteiger partial charge >= 0.3 is 0 Å². The van der Waals surface area contributed by atoms with E-state index in [9.17, 15) is 0 Å². The van der Waals surface area contributed by atoms with E-state index in [2.05, 4.69) is 42.0 Å². The van der Waals surface area contributed by atoms with Crippen LogP contribution in [-0.2, 0) is 0 Å². The molecule has 3 N–H and O–H groups in total. The molecule has 0 saturated carbocycles. The summed E-state index contributed by atoms with van der Waals surface area (Å²) in [5.74, 6) is 0.708. The molecule has 18 heavy (non-hydrogen) atoms. The number of hydrogen-bond donors (Lipinski definition) is 2. The van der Waals surface area contributed by atoms with Gasteiger partial charge in [-0.15, -0.1) is 0 Å². The van der Waals surface area contributed by atoms with Crippen LogP contribution in [0, 0.1) is 6.92 Å². The Bertz CT molecular complexity index is 459. The zero-order valence-electron chi connectivity index (χ0n) is 11.6. The molecule has 0 amide bonds. The van der Waals surface area contributed by atoms with E-state index in [4.69, 9.17) is 5.73 Å². The van der Waals surface area contributed by atoms with Crippen LogP contribution in [0.4, 0.5) is 5.82 Å². The molecule has 2 aromatic rings. The second kappa shape index (κ2) is 6.79. The normalized spacial score (nSPS) is 11.6. The van der Waals surface area contributed by atoms with Crippen molar-refractivity contribution in [3.8, 4) is 0 Å². The first-order valence-corrected chi connectivity index (χ1v) is 6.31. The van der Waals surface area contributed by atoms with E-state index in [1.54, 1.807) is 0 Å². The Balaban J connectivity index is 0.000000492. The van der Waals surface area contributed by atoms with Gasteiger partial charge in [0.15, 0.2) is 0 Å². The van der Waals surface area contributed by atoms with Crippen molar-refractivity contribution in [2.75, 3.05) is 5.73 Å². The van der Waals surface area contributed by atoms with Crippen LogP contribution in [0.5, 0.6) is 0 Å². The van der Waals surface area contributed by atoms with E-state index in [-0.39, 0.29) is 5.92 Å². The van der Waals surface area contributed by atoms with E-state index in [1.165, 1.54) is 6.42 Å². The molecule has 2 aromatic heterocycles. The monoisotopic (exact) mass is 246 g/mol. The van der Waals surface area contributed by atoms with Crippen LogP contribution in [0.25, 0.3) is 0 Å². The zero-order chi connectivity index (χ0) is 13.5. The predicted octanol–water partition coefficient (Wildman–Crippen LogP) is 3.26. The maximum absolute atomic E-state index is 5.56. The SMILES string of the molecule is CCC.Cc1ccc(C(C)c2cc(N)n[nH]2)nc1. The van der Waals surface area contributed by atoms with Gasteiger partial charge in [-0.25, -0.2) is 0 Å². The van der Waals surface area contributed by atoms with Gasteiger partial charge < -0.3 is 5.73 Å². The Morgan fingerprint density at radius 2 is 2.00 bits per heavy atom. The number of rotatable bonds is 2. The first-order valence-electron chi connectivity index (χ1n) is 6.31. The zero-order valence-corrected chi connectivity index (χ0v) is 11.6. The van der Waals surface area contributed by atoms with Gasteiger partial charge in [0.05, 0.1) is 0 Å². The van der Waals surface area contributed by atoms with Crippen molar-refractivity contribution in [1.82, 2.24) is 15.2 Å². The summed E-state index contributed by atoms with van der Waals surface area (Å²) in [6.45, 7) is 8.35. The van der Waals surface area contributed by atoms with E-state index >= 15 is 0 Å². The van der Waals surface area contributed by atoms with Crippen LogP contribution in [0.2, 0.25) is 0 Å². The first kappa shape index (κ1) is 14.2. The number of aromatic nitrogens is 3. The molecule has 0 saturated heterocycles. The number of nitrogen functional groups attached to an aromatic ring is 1. The number of hydrogen-bond acceptors (Lipinski definition) is 3. The highest BCUT2D eigenvalue weighted by Crippen LogP contribution is 2.21. The maximum Gasteiger partial charge on any atom is 0.145 e. The average molecular weight is 246 g/mol. The molecule has 0 fully saturated rings. The van der Waals surface area contributed by atoms with E-state index in [0.717, 1.165) is 17.0 Å². The number of pyridine rings is 1. The van der Waals surface area contributed by atoms with Crippen LogP contribution in [-0.4, -0.2) is 15.2 Å². The van der Waals surface area contributed by atoms with Gasteiger partial charge in [0, 0.05) is 29.6 Å². The molecule has 0 bridgehead atoms. The molecular weight excluding hydrogens is 224 g/mol. The maximum atomic E-state index is 5.56. The third-order valence-corrected chi connectivity index (χ3v) is 2.46. The second-order valence-corrected chi connectivity index (χ2v) is 4.44. The van der Waals surface area contributed by atoms with Gasteiger partial charge in [-0.3, -0.25) is 10.1 Å². The largest absolute Gasteiger partial charge is 0.382 e. The van der Waals surface area contributed by atoms with E-state index < -0.39 is 0 Å². The molecule has 0 radical (unpaired) electrons. The van der Waals surface area contributed by atoms with Crippen molar-refractivity contribution >= 4 is 5.82 Å². The minimum Gasteiger partial charge on any atom is -0.382 e. The molecule has 2 heterocycles. The standard InChI is InChI=1S/C11H14N4.C3H8/c1-7-3-4-9(13-6-7)8(2)10-5-11(12)15-14-10;1-3-2/h3-6,8H,1-2H3,(H3,12,14,15);3H2,1-2H3. The molecule has 1 unspecified atom stereocenters. The van der Waals surface area contributed by atoms with E-state index in [1.807, 2.05) is 25.3 Å². The summed E-state index contributed by atoms with van der Waals surface area (Å²) in [5, 5.41) is 6.81. The van der Waals surface area contributed by atoms with Crippen LogP contribution in [0.15, 0.2) is 24.4 Å². The lowest BCUT2D eigenvalue weighted by molar-refractivity contribution is 0.819. The van der Waals surface area contributed by atoms with Crippen LogP contribution in [0.3, 0.4) is 0 Å². The molecule has 4 nitrogen and oxygen atoms in total. The summed E-state index contributed by atoms with van der Waals surface area (Å²) in [6.07, 6.45) is 3.12. The number of aromatic amines is 1. The number of nitrogens with two attached hydrogens (primary N) is 1. The summed E-state index contributed by atoms with van der Waals surface area (Å²) in [4.78, 5) is 4.38. The van der Waals surface area contributed by atoms with Crippen LogP contribution >= 0.6 is 0 Å². The average Bonchev–Trinajstić information content (AvgIpc) is 2.77. The highest BCUT2D eigenvalue weighted by atomic mass is 15.2. The number of anilines is 1. The minimum absolute atomic E-state index is 0.190. The van der Waals surface area contributed by atoms with Crippen molar-refractivity contribution in [2.45, 2.75) is 40.0 Å². The number of aryl methyl sites for hydroxylation is 1. The van der Waals surface area contributed by atoms with Gasteiger partial charge in [0.25, 0.3) is 0 Å². The Labute approximate surface area is 109 Å². The first-order chi connectivity index (χ1) is 8.58. The number of H-pyrrole nitrogens is 1. The summed E-state index contributed by atoms with van der Waals surface area (Å²) in [5.41, 5.74) is 8.73. The van der Waals surface area contributed by atoms with Crippen molar-refractivity contribution in [3.05, 3.63) is 41.3 Å². The van der Waals surface area contributed by atoms with E-state index in [0.29, 0.717) is 5.82 Å². The third-order valence-electron chi connectivity index (χ3n) is 2.46. The lowest BCUT2D eigenvalue weighted by Crippen LogP contribution is -1.99. The summed E-state index contributed by atoms with van der Waals surface area (Å²) in [6, 6.07) is 5.92. The summed E-state index contributed by atoms with van der Waals surface area (Å²) in [7, 11) is 0. The smallest absolute Gasteiger partial charge is 0.145 e. The van der Waals surface area contributed by atoms with Gasteiger partial charge in [-0.1, -0.05) is 33.3 Å². The molecule has 0 aromatic carbocycles. The fourth-order valence-corrected chi connectivity index (χ4v) is 1.47. The Kier molecular flexibility index (Phi) is 5.36. The summed E-state index contributed by atoms with van der Waals surface area (Å²) >= 11 is 0. The van der Waals surface area contributed by atoms with Crippen LogP contribution in [0.1, 0.15) is 50.1 Å². The number of nitrogens with zero attached hydrogens (tertiary/aromatic N) is 2. The fourth-order valence-electron chi connectivity index (χ4n) is 1.47. The molecule has 0 aliphatic carbocycles. The quantitative estimate of drug-likeness (QED) is 0.854. The lowest BCUT2D eigenvalue weighted by atomic mass is 10.0. The van der Waals surface area contributed by atoms with Gasteiger partial charge in [-0.2, -0.15) is 5.10 Å². The Morgan fingerprint density at radius 3 is 2.44 bits per heavy atom. The predicted molar refractivity (Wildman–Crippen MR) is 75.5 cm³/mol. The second-order valence-electron chi connectivity index (χ2n) is 4.44. The molecule has 98 valence electrons. The molecule has 0 aliphatic heterocycles. The van der Waals surface area contributed by atoms with Crippen molar-refractivity contribution in [2.24, 2.45) is 0 Å². The molecule has 0 aliphatic rings.